The smallest absolute Gasteiger partial charge is 0.349 e. The molecule has 0 bridgehead atoms. The minimum atomic E-state index is -4.37. The summed E-state index contributed by atoms with van der Waals surface area (Å²) in [5.41, 5.74) is 1.61. The number of halogens is 3. The standard InChI is InChI=1S/C29H38F3N3O4S/c1-3-35(28(37)21-22-9-11-25(12-10-22)40(2,38)39)24-14-18-34(19-15-24)20-16-26(23-7-5-4-6-8-23)33-27(36)13-17-29(30,31)32/h4-12,24,26H,3,13-21H2,1-2H3,(H,33,36). The molecule has 0 aromatic heterocycles. The van der Waals surface area contributed by atoms with Gasteiger partial charge in [-0.1, -0.05) is 42.5 Å². The number of hydrogen-bond donors (Lipinski definition) is 1. The second-order valence-electron chi connectivity index (χ2n) is 10.3. The highest BCUT2D eigenvalue weighted by atomic mass is 32.2. The van der Waals surface area contributed by atoms with Crippen molar-refractivity contribution in [1.29, 1.82) is 0 Å². The van der Waals surface area contributed by atoms with Crippen molar-refractivity contribution in [3.05, 3.63) is 65.7 Å². The Morgan fingerprint density at radius 3 is 2.23 bits per heavy atom. The summed E-state index contributed by atoms with van der Waals surface area (Å²) in [6.45, 7) is 4.72. The quantitative estimate of drug-likeness (QED) is 0.398. The van der Waals surface area contributed by atoms with Gasteiger partial charge in [0.2, 0.25) is 11.8 Å². The van der Waals surface area contributed by atoms with Gasteiger partial charge in [-0.15, -0.1) is 0 Å². The number of carbonyl (C=O) groups excluding carboxylic acids is 2. The molecule has 11 heteroatoms. The summed E-state index contributed by atoms with van der Waals surface area (Å²) in [5, 5.41) is 2.78. The summed E-state index contributed by atoms with van der Waals surface area (Å²) < 4.78 is 61.1. The third-order valence-electron chi connectivity index (χ3n) is 7.27. The monoisotopic (exact) mass is 581 g/mol. The summed E-state index contributed by atoms with van der Waals surface area (Å²) in [6, 6.07) is 15.4. The minimum Gasteiger partial charge on any atom is -0.349 e. The zero-order valence-electron chi connectivity index (χ0n) is 23.0. The molecule has 2 amide bonds. The molecule has 1 aliphatic rings. The number of likely N-dealkylation sites (tertiary alicyclic amines) is 1. The Kier molecular flexibility index (Phi) is 11.2. The Balaban J connectivity index is 1.52. The van der Waals surface area contributed by atoms with Crippen LogP contribution < -0.4 is 5.32 Å². The van der Waals surface area contributed by atoms with Crippen LogP contribution in [-0.4, -0.2) is 74.7 Å². The summed E-state index contributed by atoms with van der Waals surface area (Å²) in [4.78, 5) is 29.7. The average molecular weight is 582 g/mol. The lowest BCUT2D eigenvalue weighted by Crippen LogP contribution is -2.48. The molecule has 1 atom stereocenters. The molecule has 1 fully saturated rings. The third kappa shape index (κ3) is 9.92. The van der Waals surface area contributed by atoms with Crippen molar-refractivity contribution in [1.82, 2.24) is 15.1 Å². The molecular formula is C29H38F3N3O4S. The first-order valence-corrected chi connectivity index (χ1v) is 15.5. The molecule has 0 aliphatic carbocycles. The molecule has 3 rings (SSSR count). The number of nitrogens with zero attached hydrogens (tertiary/aromatic N) is 2. The fourth-order valence-corrected chi connectivity index (χ4v) is 5.69. The van der Waals surface area contributed by atoms with E-state index in [4.69, 9.17) is 0 Å². The number of likely N-dealkylation sites (N-methyl/N-ethyl adjacent to an activating group) is 1. The van der Waals surface area contributed by atoms with E-state index in [1.165, 1.54) is 12.1 Å². The topological polar surface area (TPSA) is 86.8 Å². The lowest BCUT2D eigenvalue weighted by atomic mass is 9.99. The highest BCUT2D eigenvalue weighted by molar-refractivity contribution is 7.90. The Morgan fingerprint density at radius 1 is 1.05 bits per heavy atom. The van der Waals surface area contributed by atoms with Crippen molar-refractivity contribution in [2.24, 2.45) is 0 Å². The summed E-state index contributed by atoms with van der Waals surface area (Å²) in [5.74, 6) is -0.619. The van der Waals surface area contributed by atoms with Crippen molar-refractivity contribution in [2.45, 2.75) is 68.6 Å². The molecule has 220 valence electrons. The molecule has 0 saturated carbocycles. The second-order valence-corrected chi connectivity index (χ2v) is 12.3. The number of alkyl halides is 3. The predicted molar refractivity (Wildman–Crippen MR) is 147 cm³/mol. The van der Waals surface area contributed by atoms with Crippen molar-refractivity contribution in [3.8, 4) is 0 Å². The lowest BCUT2D eigenvalue weighted by Gasteiger charge is -2.38. The highest BCUT2D eigenvalue weighted by Crippen LogP contribution is 2.24. The number of rotatable bonds is 12. The van der Waals surface area contributed by atoms with Crippen molar-refractivity contribution in [3.63, 3.8) is 0 Å². The molecule has 1 heterocycles. The minimum absolute atomic E-state index is 0.00114. The number of sulfone groups is 1. The van der Waals surface area contributed by atoms with Crippen LogP contribution in [0.4, 0.5) is 13.2 Å². The van der Waals surface area contributed by atoms with E-state index in [-0.39, 0.29) is 29.3 Å². The number of amides is 2. The Hall–Kier alpha value is -2.92. The number of carbonyl (C=O) groups is 2. The fourth-order valence-electron chi connectivity index (χ4n) is 5.06. The van der Waals surface area contributed by atoms with Crippen LogP contribution in [0, 0.1) is 0 Å². The first-order valence-electron chi connectivity index (χ1n) is 13.6. The van der Waals surface area contributed by atoms with Crippen molar-refractivity contribution in [2.75, 3.05) is 32.4 Å². The lowest BCUT2D eigenvalue weighted by molar-refractivity contribution is -0.144. The first kappa shape index (κ1) is 31.6. The van der Waals surface area contributed by atoms with E-state index in [1.807, 2.05) is 42.2 Å². The van der Waals surface area contributed by atoms with E-state index in [0.717, 1.165) is 43.3 Å². The van der Waals surface area contributed by atoms with Gasteiger partial charge in [-0.05, 0) is 49.4 Å². The molecule has 40 heavy (non-hydrogen) atoms. The summed E-state index contributed by atoms with van der Waals surface area (Å²) in [7, 11) is -3.29. The van der Waals surface area contributed by atoms with Gasteiger partial charge < -0.3 is 15.1 Å². The van der Waals surface area contributed by atoms with Gasteiger partial charge in [-0.3, -0.25) is 9.59 Å². The zero-order chi connectivity index (χ0) is 29.3. The fraction of sp³-hybridized carbons (Fsp3) is 0.517. The van der Waals surface area contributed by atoms with E-state index >= 15 is 0 Å². The molecule has 1 N–H and O–H groups in total. The molecule has 2 aromatic carbocycles. The first-order chi connectivity index (χ1) is 18.9. The van der Waals surface area contributed by atoms with Gasteiger partial charge >= 0.3 is 6.18 Å². The Bertz CT molecular complexity index is 1210. The van der Waals surface area contributed by atoms with E-state index in [1.54, 1.807) is 12.1 Å². The van der Waals surface area contributed by atoms with Crippen LogP contribution in [0.2, 0.25) is 0 Å². The van der Waals surface area contributed by atoms with Gasteiger partial charge in [0.05, 0.1) is 23.8 Å². The number of hydrogen-bond acceptors (Lipinski definition) is 5. The molecule has 0 spiro atoms. The average Bonchev–Trinajstić information content (AvgIpc) is 2.91. The Labute approximate surface area is 234 Å². The molecule has 2 aromatic rings. The van der Waals surface area contributed by atoms with Crippen LogP contribution in [0.5, 0.6) is 0 Å². The van der Waals surface area contributed by atoms with Crippen LogP contribution in [0.15, 0.2) is 59.5 Å². The highest BCUT2D eigenvalue weighted by Gasteiger charge is 2.30. The predicted octanol–water partition coefficient (Wildman–Crippen LogP) is 4.54. The van der Waals surface area contributed by atoms with Gasteiger partial charge in [0.1, 0.15) is 0 Å². The van der Waals surface area contributed by atoms with Crippen LogP contribution in [0.3, 0.4) is 0 Å². The second kappa shape index (κ2) is 14.1. The molecule has 7 nitrogen and oxygen atoms in total. The van der Waals surface area contributed by atoms with E-state index < -0.39 is 34.8 Å². The largest absolute Gasteiger partial charge is 0.389 e. The maximum atomic E-state index is 13.1. The van der Waals surface area contributed by atoms with E-state index in [2.05, 4.69) is 10.2 Å². The Morgan fingerprint density at radius 2 is 1.68 bits per heavy atom. The van der Waals surface area contributed by atoms with Crippen LogP contribution >= 0.6 is 0 Å². The van der Waals surface area contributed by atoms with Gasteiger partial charge in [0, 0.05) is 44.9 Å². The normalized spacial score (nSPS) is 15.9. The molecule has 1 aliphatic heterocycles. The van der Waals surface area contributed by atoms with Crippen LogP contribution in [0.1, 0.15) is 56.2 Å². The number of benzene rings is 2. The SMILES string of the molecule is CCN(C(=O)Cc1ccc(S(C)(=O)=O)cc1)C1CCN(CCC(NC(=O)CCC(F)(F)F)c2ccccc2)CC1. The molecular weight excluding hydrogens is 543 g/mol. The molecule has 1 saturated heterocycles. The van der Waals surface area contributed by atoms with Crippen LogP contribution in [-0.2, 0) is 25.8 Å². The number of piperidine rings is 1. The molecule has 1 unspecified atom stereocenters. The zero-order valence-corrected chi connectivity index (χ0v) is 23.8. The van der Waals surface area contributed by atoms with Crippen molar-refractivity contribution < 1.29 is 31.2 Å². The maximum absolute atomic E-state index is 13.1. The van der Waals surface area contributed by atoms with Gasteiger partial charge in [-0.2, -0.15) is 13.2 Å². The van der Waals surface area contributed by atoms with Crippen LogP contribution in [0.25, 0.3) is 0 Å². The maximum Gasteiger partial charge on any atom is 0.389 e. The molecule has 0 radical (unpaired) electrons. The van der Waals surface area contributed by atoms with Gasteiger partial charge in [0.25, 0.3) is 0 Å². The van der Waals surface area contributed by atoms with Crippen molar-refractivity contribution >= 4 is 21.7 Å². The van der Waals surface area contributed by atoms with E-state index in [0.29, 0.717) is 19.5 Å². The van der Waals surface area contributed by atoms with Gasteiger partial charge in [-0.25, -0.2) is 8.42 Å². The van der Waals surface area contributed by atoms with Gasteiger partial charge in [0.15, 0.2) is 9.84 Å². The summed E-state index contributed by atoms with van der Waals surface area (Å²) in [6.07, 6.45) is -2.62. The third-order valence-corrected chi connectivity index (χ3v) is 8.40. The number of nitrogens with one attached hydrogen (secondary N) is 1. The summed E-state index contributed by atoms with van der Waals surface area (Å²) >= 11 is 0. The van der Waals surface area contributed by atoms with E-state index in [9.17, 15) is 31.2 Å².